The van der Waals surface area contributed by atoms with Crippen LogP contribution < -0.4 is 5.32 Å². The smallest absolute Gasteiger partial charge is 0.132 e. The standard InChI is InChI=1S/C11H13N3S/c1-3-9-10(8-4-5-15-6-8)13-7-14-11(9)12-2/h4-7H,3H2,1-2H3,(H,12,13,14). The molecule has 0 unspecified atom stereocenters. The molecule has 2 aromatic heterocycles. The number of anilines is 1. The topological polar surface area (TPSA) is 37.8 Å². The molecule has 15 heavy (non-hydrogen) atoms. The van der Waals surface area contributed by atoms with Gasteiger partial charge in [-0.2, -0.15) is 11.3 Å². The van der Waals surface area contributed by atoms with E-state index in [0.29, 0.717) is 0 Å². The summed E-state index contributed by atoms with van der Waals surface area (Å²) >= 11 is 1.69. The van der Waals surface area contributed by atoms with Gasteiger partial charge in [-0.25, -0.2) is 9.97 Å². The summed E-state index contributed by atoms with van der Waals surface area (Å²) in [7, 11) is 1.89. The molecule has 2 aromatic rings. The Bertz CT molecular complexity index is 437. The number of aromatic nitrogens is 2. The Morgan fingerprint density at radius 3 is 2.87 bits per heavy atom. The van der Waals surface area contributed by atoms with Gasteiger partial charge in [0.1, 0.15) is 12.1 Å². The first-order valence-corrected chi connectivity index (χ1v) is 5.85. The molecule has 0 bridgehead atoms. The van der Waals surface area contributed by atoms with Gasteiger partial charge >= 0.3 is 0 Å². The SMILES string of the molecule is CCc1c(NC)ncnc1-c1ccsc1. The molecular weight excluding hydrogens is 206 g/mol. The average Bonchev–Trinajstić information content (AvgIpc) is 2.81. The van der Waals surface area contributed by atoms with Crippen molar-refractivity contribution in [2.75, 3.05) is 12.4 Å². The van der Waals surface area contributed by atoms with Crippen molar-refractivity contribution < 1.29 is 0 Å². The van der Waals surface area contributed by atoms with E-state index in [1.807, 2.05) is 7.05 Å². The second kappa shape index (κ2) is 4.40. The highest BCUT2D eigenvalue weighted by molar-refractivity contribution is 7.08. The highest BCUT2D eigenvalue weighted by Crippen LogP contribution is 2.27. The molecule has 2 heterocycles. The third-order valence-corrected chi connectivity index (χ3v) is 3.01. The normalized spacial score (nSPS) is 10.3. The number of hydrogen-bond donors (Lipinski definition) is 1. The summed E-state index contributed by atoms with van der Waals surface area (Å²) in [6.45, 7) is 2.12. The fourth-order valence-electron chi connectivity index (χ4n) is 1.61. The van der Waals surface area contributed by atoms with Crippen LogP contribution in [0.25, 0.3) is 11.3 Å². The van der Waals surface area contributed by atoms with Crippen molar-refractivity contribution in [2.45, 2.75) is 13.3 Å². The molecule has 0 radical (unpaired) electrons. The van der Waals surface area contributed by atoms with Gasteiger partial charge in [0.15, 0.2) is 0 Å². The number of thiophene rings is 1. The summed E-state index contributed by atoms with van der Waals surface area (Å²) in [6.07, 6.45) is 2.54. The summed E-state index contributed by atoms with van der Waals surface area (Å²) in [4.78, 5) is 8.58. The third kappa shape index (κ3) is 1.85. The minimum atomic E-state index is 0.925. The van der Waals surface area contributed by atoms with E-state index < -0.39 is 0 Å². The van der Waals surface area contributed by atoms with Crippen LogP contribution in [0, 0.1) is 0 Å². The molecule has 0 fully saturated rings. The van der Waals surface area contributed by atoms with Gasteiger partial charge in [-0.3, -0.25) is 0 Å². The fraction of sp³-hybridized carbons (Fsp3) is 0.273. The van der Waals surface area contributed by atoms with Gasteiger partial charge in [-0.05, 0) is 17.9 Å². The van der Waals surface area contributed by atoms with Crippen LogP contribution in [0.2, 0.25) is 0 Å². The maximum absolute atomic E-state index is 4.36. The van der Waals surface area contributed by atoms with E-state index in [1.54, 1.807) is 17.7 Å². The average molecular weight is 219 g/mol. The van der Waals surface area contributed by atoms with Crippen LogP contribution in [0.5, 0.6) is 0 Å². The van der Waals surface area contributed by atoms with Gasteiger partial charge < -0.3 is 5.32 Å². The van der Waals surface area contributed by atoms with E-state index in [1.165, 1.54) is 11.1 Å². The van der Waals surface area contributed by atoms with Crippen molar-refractivity contribution in [3.8, 4) is 11.3 Å². The van der Waals surface area contributed by atoms with E-state index >= 15 is 0 Å². The first-order chi connectivity index (χ1) is 7.36. The fourth-order valence-corrected chi connectivity index (χ4v) is 2.25. The first-order valence-electron chi connectivity index (χ1n) is 4.91. The Morgan fingerprint density at radius 2 is 2.27 bits per heavy atom. The molecular formula is C11H13N3S. The van der Waals surface area contributed by atoms with Gasteiger partial charge in [0, 0.05) is 23.6 Å². The maximum atomic E-state index is 4.36. The van der Waals surface area contributed by atoms with E-state index in [9.17, 15) is 0 Å². The van der Waals surface area contributed by atoms with Gasteiger partial charge in [0.25, 0.3) is 0 Å². The lowest BCUT2D eigenvalue weighted by Gasteiger charge is -2.09. The van der Waals surface area contributed by atoms with E-state index in [0.717, 1.165) is 17.9 Å². The lowest BCUT2D eigenvalue weighted by Crippen LogP contribution is -2.01. The molecule has 0 aromatic carbocycles. The summed E-state index contributed by atoms with van der Waals surface area (Å²) in [5.74, 6) is 0.925. The van der Waals surface area contributed by atoms with Crippen LogP contribution in [-0.4, -0.2) is 17.0 Å². The van der Waals surface area contributed by atoms with Crippen LogP contribution in [-0.2, 0) is 6.42 Å². The van der Waals surface area contributed by atoms with Crippen LogP contribution >= 0.6 is 11.3 Å². The van der Waals surface area contributed by atoms with Crippen molar-refractivity contribution in [2.24, 2.45) is 0 Å². The molecule has 0 amide bonds. The van der Waals surface area contributed by atoms with Crippen LogP contribution in [0.1, 0.15) is 12.5 Å². The van der Waals surface area contributed by atoms with Gasteiger partial charge in [-0.1, -0.05) is 6.92 Å². The second-order valence-corrected chi connectivity index (χ2v) is 3.95. The Kier molecular flexibility index (Phi) is 2.97. The number of nitrogens with zero attached hydrogens (tertiary/aromatic N) is 2. The number of rotatable bonds is 3. The van der Waals surface area contributed by atoms with Crippen molar-refractivity contribution in [1.82, 2.24) is 9.97 Å². The Morgan fingerprint density at radius 1 is 1.40 bits per heavy atom. The zero-order chi connectivity index (χ0) is 10.7. The molecule has 0 saturated carbocycles. The molecule has 0 saturated heterocycles. The summed E-state index contributed by atoms with van der Waals surface area (Å²) in [6, 6.07) is 2.09. The monoisotopic (exact) mass is 219 g/mol. The zero-order valence-corrected chi connectivity index (χ0v) is 9.64. The predicted octanol–water partition coefficient (Wildman–Crippen LogP) is 2.81. The van der Waals surface area contributed by atoms with Crippen LogP contribution in [0.15, 0.2) is 23.2 Å². The maximum Gasteiger partial charge on any atom is 0.132 e. The Hall–Kier alpha value is -1.42. The minimum absolute atomic E-state index is 0.925. The minimum Gasteiger partial charge on any atom is -0.373 e. The number of hydrogen-bond acceptors (Lipinski definition) is 4. The Balaban J connectivity index is 2.56. The molecule has 4 heteroatoms. The molecule has 1 N–H and O–H groups in total. The first kappa shape index (κ1) is 10.1. The highest BCUT2D eigenvalue weighted by Gasteiger charge is 2.10. The molecule has 0 aliphatic carbocycles. The quantitative estimate of drug-likeness (QED) is 0.862. The van der Waals surface area contributed by atoms with E-state index in [-0.39, 0.29) is 0 Å². The zero-order valence-electron chi connectivity index (χ0n) is 8.82. The van der Waals surface area contributed by atoms with Crippen molar-refractivity contribution >= 4 is 17.2 Å². The summed E-state index contributed by atoms with van der Waals surface area (Å²) < 4.78 is 0. The second-order valence-electron chi connectivity index (χ2n) is 3.17. The van der Waals surface area contributed by atoms with Crippen molar-refractivity contribution in [3.05, 3.63) is 28.7 Å². The highest BCUT2D eigenvalue weighted by atomic mass is 32.1. The van der Waals surface area contributed by atoms with Gasteiger partial charge in [0.2, 0.25) is 0 Å². The van der Waals surface area contributed by atoms with Crippen molar-refractivity contribution in [3.63, 3.8) is 0 Å². The largest absolute Gasteiger partial charge is 0.373 e. The molecule has 0 aliphatic heterocycles. The van der Waals surface area contributed by atoms with E-state index in [4.69, 9.17) is 0 Å². The molecule has 78 valence electrons. The third-order valence-electron chi connectivity index (χ3n) is 2.33. The summed E-state index contributed by atoms with van der Waals surface area (Å²) in [5.41, 5.74) is 3.40. The molecule has 2 rings (SSSR count). The summed E-state index contributed by atoms with van der Waals surface area (Å²) in [5, 5.41) is 7.28. The molecule has 0 atom stereocenters. The molecule has 0 spiro atoms. The lowest BCUT2D eigenvalue weighted by molar-refractivity contribution is 1.05. The van der Waals surface area contributed by atoms with E-state index in [2.05, 4.69) is 39.0 Å². The number of nitrogens with one attached hydrogen (secondary N) is 1. The van der Waals surface area contributed by atoms with Crippen LogP contribution in [0.4, 0.5) is 5.82 Å². The predicted molar refractivity (Wildman–Crippen MR) is 64.3 cm³/mol. The lowest BCUT2D eigenvalue weighted by atomic mass is 10.1. The van der Waals surface area contributed by atoms with Crippen LogP contribution in [0.3, 0.4) is 0 Å². The van der Waals surface area contributed by atoms with Gasteiger partial charge in [-0.15, -0.1) is 0 Å². The molecule has 0 aliphatic rings. The van der Waals surface area contributed by atoms with Crippen molar-refractivity contribution in [1.29, 1.82) is 0 Å². The molecule has 3 nitrogen and oxygen atoms in total. The van der Waals surface area contributed by atoms with Gasteiger partial charge in [0.05, 0.1) is 5.69 Å². The Labute approximate surface area is 93.2 Å².